The van der Waals surface area contributed by atoms with Crippen molar-refractivity contribution in [2.45, 2.75) is 57.9 Å². The van der Waals surface area contributed by atoms with E-state index in [0.29, 0.717) is 11.7 Å². The average Bonchev–Trinajstić information content (AvgIpc) is 2.92. The fraction of sp³-hybridized carbons (Fsp3) is 0.941. The number of nitrogens with zero attached hydrogens (tertiary/aromatic N) is 2. The van der Waals surface area contributed by atoms with Gasteiger partial charge < -0.3 is 4.90 Å². The molecule has 3 rings (SSSR count). The van der Waals surface area contributed by atoms with Crippen molar-refractivity contribution in [3.8, 4) is 0 Å². The number of hydrogen-bond donors (Lipinski definition) is 0. The van der Waals surface area contributed by atoms with Gasteiger partial charge in [-0.25, -0.2) is 0 Å². The summed E-state index contributed by atoms with van der Waals surface area (Å²) in [6.45, 7) is 8.36. The first-order valence-corrected chi connectivity index (χ1v) is 8.71. The second-order valence-corrected chi connectivity index (χ2v) is 7.34. The van der Waals surface area contributed by atoms with Gasteiger partial charge in [0.1, 0.15) is 5.78 Å². The lowest BCUT2D eigenvalue weighted by atomic mass is 9.81. The molecule has 0 spiro atoms. The van der Waals surface area contributed by atoms with Crippen LogP contribution in [-0.2, 0) is 4.79 Å². The summed E-state index contributed by atoms with van der Waals surface area (Å²) in [5, 5.41) is 0. The highest BCUT2D eigenvalue weighted by Gasteiger charge is 2.33. The predicted molar refractivity (Wildman–Crippen MR) is 81.8 cm³/mol. The minimum Gasteiger partial charge on any atom is -0.301 e. The molecule has 3 nitrogen and oxygen atoms in total. The standard InChI is InChI=1S/C17H30N2O/c1-14-5-6-17(20)15(11-14)12-18-10-7-16(13-18)19-8-3-2-4-9-19/h14-16H,2-13H2,1H3. The van der Waals surface area contributed by atoms with E-state index in [4.69, 9.17) is 0 Å². The SMILES string of the molecule is CC1CCC(=O)C(CN2CCC(N3CCCCC3)C2)C1. The van der Waals surface area contributed by atoms with Crippen molar-refractivity contribution in [3.63, 3.8) is 0 Å². The van der Waals surface area contributed by atoms with Crippen LogP contribution in [0.15, 0.2) is 0 Å². The summed E-state index contributed by atoms with van der Waals surface area (Å²) in [4.78, 5) is 17.3. The largest absolute Gasteiger partial charge is 0.301 e. The molecule has 2 aliphatic heterocycles. The van der Waals surface area contributed by atoms with E-state index in [-0.39, 0.29) is 0 Å². The van der Waals surface area contributed by atoms with E-state index in [1.54, 1.807) is 0 Å². The van der Waals surface area contributed by atoms with E-state index in [0.717, 1.165) is 37.8 Å². The fourth-order valence-corrected chi connectivity index (χ4v) is 4.38. The van der Waals surface area contributed by atoms with Crippen LogP contribution >= 0.6 is 0 Å². The van der Waals surface area contributed by atoms with Gasteiger partial charge in [-0.15, -0.1) is 0 Å². The summed E-state index contributed by atoms with van der Waals surface area (Å²) in [5.41, 5.74) is 0. The third kappa shape index (κ3) is 3.43. The molecule has 0 bridgehead atoms. The monoisotopic (exact) mass is 278 g/mol. The second kappa shape index (κ2) is 6.57. The van der Waals surface area contributed by atoms with E-state index in [1.807, 2.05) is 0 Å². The van der Waals surface area contributed by atoms with Gasteiger partial charge in [-0.2, -0.15) is 0 Å². The lowest BCUT2D eigenvalue weighted by molar-refractivity contribution is -0.126. The van der Waals surface area contributed by atoms with Gasteiger partial charge in [0.05, 0.1) is 0 Å². The molecule has 0 aromatic heterocycles. The topological polar surface area (TPSA) is 23.6 Å². The molecule has 1 aliphatic carbocycles. The van der Waals surface area contributed by atoms with Crippen molar-refractivity contribution in [2.75, 3.05) is 32.7 Å². The smallest absolute Gasteiger partial charge is 0.137 e. The summed E-state index contributed by atoms with van der Waals surface area (Å²) in [6, 6.07) is 0.770. The summed E-state index contributed by atoms with van der Waals surface area (Å²) in [7, 11) is 0. The van der Waals surface area contributed by atoms with Crippen LogP contribution in [0.1, 0.15) is 51.9 Å². The quantitative estimate of drug-likeness (QED) is 0.792. The Morgan fingerprint density at radius 1 is 1.10 bits per heavy atom. The molecule has 0 aromatic carbocycles. The first kappa shape index (κ1) is 14.5. The van der Waals surface area contributed by atoms with Gasteiger partial charge >= 0.3 is 0 Å². The number of piperidine rings is 1. The zero-order valence-electron chi connectivity index (χ0n) is 13.0. The molecule has 2 saturated heterocycles. The maximum absolute atomic E-state index is 12.1. The Balaban J connectivity index is 1.48. The zero-order valence-corrected chi connectivity index (χ0v) is 13.0. The Bertz CT molecular complexity index is 338. The van der Waals surface area contributed by atoms with Crippen LogP contribution < -0.4 is 0 Å². The van der Waals surface area contributed by atoms with Gasteiger partial charge in [-0.1, -0.05) is 13.3 Å². The van der Waals surface area contributed by atoms with Gasteiger partial charge in [-0.05, 0) is 57.7 Å². The van der Waals surface area contributed by atoms with E-state index >= 15 is 0 Å². The van der Waals surface area contributed by atoms with Crippen molar-refractivity contribution in [2.24, 2.45) is 11.8 Å². The van der Waals surface area contributed by atoms with Crippen LogP contribution in [0, 0.1) is 11.8 Å². The molecule has 3 heteroatoms. The highest BCUT2D eigenvalue weighted by molar-refractivity contribution is 5.81. The second-order valence-electron chi connectivity index (χ2n) is 7.34. The molecule has 0 radical (unpaired) electrons. The molecule has 3 aliphatic rings. The summed E-state index contributed by atoms with van der Waals surface area (Å²) >= 11 is 0. The average molecular weight is 278 g/mol. The molecule has 0 amide bonds. The molecular weight excluding hydrogens is 248 g/mol. The first-order valence-electron chi connectivity index (χ1n) is 8.71. The van der Waals surface area contributed by atoms with Gasteiger partial charge in [0.2, 0.25) is 0 Å². The maximum Gasteiger partial charge on any atom is 0.137 e. The van der Waals surface area contributed by atoms with Crippen LogP contribution in [-0.4, -0.2) is 54.3 Å². The Hall–Kier alpha value is -0.410. The minimum absolute atomic E-state index is 0.332. The molecular formula is C17H30N2O. The molecule has 20 heavy (non-hydrogen) atoms. The minimum atomic E-state index is 0.332. The molecule has 3 atom stereocenters. The summed E-state index contributed by atoms with van der Waals surface area (Å²) in [5.74, 6) is 1.61. The Kier molecular flexibility index (Phi) is 4.77. The molecule has 3 unspecified atom stereocenters. The van der Waals surface area contributed by atoms with Gasteiger partial charge in [-0.3, -0.25) is 9.69 Å². The number of ketones is 1. The van der Waals surface area contributed by atoms with Crippen LogP contribution in [0.3, 0.4) is 0 Å². The van der Waals surface area contributed by atoms with Gasteiger partial charge in [0.25, 0.3) is 0 Å². The molecule has 2 heterocycles. The third-order valence-electron chi connectivity index (χ3n) is 5.66. The third-order valence-corrected chi connectivity index (χ3v) is 5.66. The van der Waals surface area contributed by atoms with Crippen LogP contribution in [0.2, 0.25) is 0 Å². The van der Waals surface area contributed by atoms with E-state index < -0.39 is 0 Å². The Morgan fingerprint density at radius 2 is 1.90 bits per heavy atom. The molecule has 0 N–H and O–H groups in total. The van der Waals surface area contributed by atoms with E-state index in [9.17, 15) is 4.79 Å². The molecule has 0 aromatic rings. The van der Waals surface area contributed by atoms with Crippen molar-refractivity contribution in [3.05, 3.63) is 0 Å². The van der Waals surface area contributed by atoms with Gasteiger partial charge in [0.15, 0.2) is 0 Å². The number of carbonyl (C=O) groups is 1. The fourth-order valence-electron chi connectivity index (χ4n) is 4.38. The number of rotatable bonds is 3. The summed E-state index contributed by atoms with van der Waals surface area (Å²) < 4.78 is 0. The Labute approximate surface area is 123 Å². The lowest BCUT2D eigenvalue weighted by Crippen LogP contribution is -2.42. The highest BCUT2D eigenvalue weighted by Crippen LogP contribution is 2.28. The van der Waals surface area contributed by atoms with Crippen molar-refractivity contribution >= 4 is 5.78 Å². The Morgan fingerprint density at radius 3 is 2.70 bits per heavy atom. The first-order chi connectivity index (χ1) is 9.72. The predicted octanol–water partition coefficient (Wildman–Crippen LogP) is 2.55. The van der Waals surface area contributed by atoms with Crippen molar-refractivity contribution in [1.82, 2.24) is 9.80 Å². The highest BCUT2D eigenvalue weighted by atomic mass is 16.1. The van der Waals surface area contributed by atoms with Crippen molar-refractivity contribution in [1.29, 1.82) is 0 Å². The number of carbonyl (C=O) groups excluding carboxylic acids is 1. The molecule has 3 fully saturated rings. The van der Waals surface area contributed by atoms with Crippen LogP contribution in [0.5, 0.6) is 0 Å². The van der Waals surface area contributed by atoms with Crippen LogP contribution in [0.4, 0.5) is 0 Å². The maximum atomic E-state index is 12.1. The van der Waals surface area contributed by atoms with E-state index in [1.165, 1.54) is 51.9 Å². The number of likely N-dealkylation sites (tertiary alicyclic amines) is 2. The number of Topliss-reactive ketones (excluding diaryl/α,β-unsaturated/α-hetero) is 1. The van der Waals surface area contributed by atoms with Gasteiger partial charge in [0, 0.05) is 31.5 Å². The van der Waals surface area contributed by atoms with Crippen molar-refractivity contribution < 1.29 is 4.79 Å². The summed E-state index contributed by atoms with van der Waals surface area (Å²) in [6.07, 6.45) is 8.58. The number of hydrogen-bond acceptors (Lipinski definition) is 3. The van der Waals surface area contributed by atoms with E-state index in [2.05, 4.69) is 16.7 Å². The van der Waals surface area contributed by atoms with Crippen LogP contribution in [0.25, 0.3) is 0 Å². The lowest BCUT2D eigenvalue weighted by Gasteiger charge is -2.33. The zero-order chi connectivity index (χ0) is 13.9. The molecule has 1 saturated carbocycles. The molecule has 114 valence electrons. The normalized spacial score (nSPS) is 37.5.